The number of alkyl halides is 1. The van der Waals surface area contributed by atoms with Gasteiger partial charge < -0.3 is 4.74 Å². The third-order valence-electron chi connectivity index (χ3n) is 1.80. The number of hydrogen-bond donors (Lipinski definition) is 0. The van der Waals surface area contributed by atoms with E-state index >= 15 is 0 Å². The van der Waals surface area contributed by atoms with Gasteiger partial charge >= 0.3 is 5.97 Å². The topological polar surface area (TPSA) is 26.3 Å². The van der Waals surface area contributed by atoms with E-state index in [9.17, 15) is 4.79 Å². The molecule has 15 heavy (non-hydrogen) atoms. The Kier molecular flexibility index (Phi) is 4.91. The third-order valence-corrected chi connectivity index (χ3v) is 2.11. The number of benzene rings is 1. The van der Waals surface area contributed by atoms with Crippen LogP contribution in [0, 0.1) is 0 Å². The first-order chi connectivity index (χ1) is 7.26. The van der Waals surface area contributed by atoms with Crippen molar-refractivity contribution in [2.24, 2.45) is 0 Å². The summed E-state index contributed by atoms with van der Waals surface area (Å²) in [5.41, 5.74) is 1.98. The van der Waals surface area contributed by atoms with Gasteiger partial charge in [0.05, 0.1) is 6.61 Å². The summed E-state index contributed by atoms with van der Waals surface area (Å²) >= 11 is 5.70. The normalized spacial score (nSPS) is 10.5. The summed E-state index contributed by atoms with van der Waals surface area (Å²) in [6.07, 6.45) is 3.13. The van der Waals surface area contributed by atoms with Gasteiger partial charge in [0, 0.05) is 12.0 Å². The fourth-order valence-corrected chi connectivity index (χ4v) is 1.30. The van der Waals surface area contributed by atoms with Gasteiger partial charge in [0.1, 0.15) is 0 Å². The second-order valence-electron chi connectivity index (χ2n) is 2.96. The second-order valence-corrected chi connectivity index (χ2v) is 3.23. The van der Waals surface area contributed by atoms with E-state index in [1.54, 1.807) is 13.0 Å². The summed E-state index contributed by atoms with van der Waals surface area (Å²) in [5, 5.41) is 0. The van der Waals surface area contributed by atoms with Crippen LogP contribution < -0.4 is 0 Å². The van der Waals surface area contributed by atoms with Crippen LogP contribution >= 0.6 is 11.6 Å². The lowest BCUT2D eigenvalue weighted by atomic mass is 10.1. The second kappa shape index (κ2) is 6.25. The molecule has 1 aromatic rings. The van der Waals surface area contributed by atoms with Gasteiger partial charge in [0.2, 0.25) is 0 Å². The number of ether oxygens (including phenoxy) is 1. The molecule has 0 fully saturated rings. The van der Waals surface area contributed by atoms with Gasteiger partial charge in [-0.05, 0) is 24.1 Å². The molecule has 0 unspecified atom stereocenters. The molecule has 0 atom stereocenters. The van der Waals surface area contributed by atoms with E-state index in [0.29, 0.717) is 12.5 Å². The van der Waals surface area contributed by atoms with Crippen molar-refractivity contribution in [2.45, 2.75) is 12.8 Å². The lowest BCUT2D eigenvalue weighted by Gasteiger charge is -1.98. The van der Waals surface area contributed by atoms with Crippen molar-refractivity contribution in [2.75, 3.05) is 6.61 Å². The summed E-state index contributed by atoms with van der Waals surface area (Å²) in [6.45, 7) is 2.17. The Balaban J connectivity index is 2.67. The molecule has 0 saturated heterocycles. The van der Waals surface area contributed by atoms with Crippen LogP contribution in [-0.4, -0.2) is 12.6 Å². The fraction of sp³-hybridized carbons (Fsp3) is 0.250. The number of rotatable bonds is 4. The van der Waals surface area contributed by atoms with Crippen LogP contribution in [0.4, 0.5) is 0 Å². The molecule has 0 radical (unpaired) electrons. The quantitative estimate of drug-likeness (QED) is 0.447. The zero-order valence-electron chi connectivity index (χ0n) is 8.57. The lowest BCUT2D eigenvalue weighted by molar-refractivity contribution is -0.137. The van der Waals surface area contributed by atoms with Crippen LogP contribution in [0.1, 0.15) is 18.1 Å². The first-order valence-electron chi connectivity index (χ1n) is 4.76. The van der Waals surface area contributed by atoms with Crippen molar-refractivity contribution in [1.29, 1.82) is 0 Å². The highest BCUT2D eigenvalue weighted by Crippen LogP contribution is 2.09. The van der Waals surface area contributed by atoms with E-state index in [4.69, 9.17) is 16.3 Å². The van der Waals surface area contributed by atoms with E-state index in [1.807, 2.05) is 24.3 Å². The molecule has 1 aromatic carbocycles. The van der Waals surface area contributed by atoms with Gasteiger partial charge in [0.15, 0.2) is 0 Å². The maximum atomic E-state index is 11.0. The van der Waals surface area contributed by atoms with Crippen LogP contribution in [-0.2, 0) is 15.4 Å². The van der Waals surface area contributed by atoms with Crippen LogP contribution in [0.2, 0.25) is 0 Å². The van der Waals surface area contributed by atoms with E-state index < -0.39 is 0 Å². The zero-order valence-corrected chi connectivity index (χ0v) is 9.33. The Morgan fingerprint density at radius 1 is 1.53 bits per heavy atom. The van der Waals surface area contributed by atoms with Crippen molar-refractivity contribution < 1.29 is 9.53 Å². The molecular weight excluding hydrogens is 212 g/mol. The van der Waals surface area contributed by atoms with Crippen molar-refractivity contribution in [3.63, 3.8) is 0 Å². The number of carbonyl (C=O) groups excluding carboxylic acids is 1. The fourth-order valence-electron chi connectivity index (χ4n) is 1.13. The molecule has 0 aliphatic heterocycles. The Morgan fingerprint density at radius 2 is 2.33 bits per heavy atom. The predicted molar refractivity (Wildman–Crippen MR) is 61.7 cm³/mol. The van der Waals surface area contributed by atoms with Gasteiger partial charge in [-0.2, -0.15) is 0 Å². The molecule has 0 aliphatic rings. The molecule has 80 valence electrons. The van der Waals surface area contributed by atoms with E-state index in [-0.39, 0.29) is 5.97 Å². The van der Waals surface area contributed by atoms with Gasteiger partial charge in [-0.25, -0.2) is 4.79 Å². The van der Waals surface area contributed by atoms with E-state index in [2.05, 4.69) is 0 Å². The molecule has 2 nitrogen and oxygen atoms in total. The summed E-state index contributed by atoms with van der Waals surface area (Å²) in [5.74, 6) is 0.148. The zero-order chi connectivity index (χ0) is 11.1. The molecule has 0 aliphatic carbocycles. The monoisotopic (exact) mass is 224 g/mol. The Hall–Kier alpha value is -1.28. The number of esters is 1. The predicted octanol–water partition coefficient (Wildman–Crippen LogP) is 3.00. The van der Waals surface area contributed by atoms with Crippen molar-refractivity contribution >= 4 is 23.6 Å². The largest absolute Gasteiger partial charge is 0.463 e. The smallest absolute Gasteiger partial charge is 0.330 e. The lowest BCUT2D eigenvalue weighted by Crippen LogP contribution is -1.98. The van der Waals surface area contributed by atoms with Crippen LogP contribution in [0.15, 0.2) is 30.3 Å². The molecule has 0 aromatic heterocycles. The van der Waals surface area contributed by atoms with Gasteiger partial charge in [-0.1, -0.05) is 24.3 Å². The highest BCUT2D eigenvalue weighted by Gasteiger charge is 1.95. The Morgan fingerprint density at radius 3 is 3.00 bits per heavy atom. The molecule has 3 heteroatoms. The van der Waals surface area contributed by atoms with Crippen LogP contribution in [0.5, 0.6) is 0 Å². The molecule has 0 amide bonds. The summed E-state index contributed by atoms with van der Waals surface area (Å²) in [6, 6.07) is 7.69. The van der Waals surface area contributed by atoms with E-state index in [1.165, 1.54) is 6.08 Å². The average molecular weight is 225 g/mol. The SMILES string of the molecule is CCOC(=O)C=Cc1cccc(CCl)c1. The first kappa shape index (κ1) is 11.8. The molecule has 0 saturated carbocycles. The third kappa shape index (κ3) is 4.17. The van der Waals surface area contributed by atoms with Crippen LogP contribution in [0.3, 0.4) is 0 Å². The molecule has 0 bridgehead atoms. The van der Waals surface area contributed by atoms with E-state index in [0.717, 1.165) is 11.1 Å². The number of halogens is 1. The molecular formula is C12H13ClO2. The van der Waals surface area contributed by atoms with Crippen molar-refractivity contribution in [1.82, 2.24) is 0 Å². The molecule has 0 spiro atoms. The Bertz CT molecular complexity index is 358. The highest BCUT2D eigenvalue weighted by atomic mass is 35.5. The summed E-state index contributed by atoms with van der Waals surface area (Å²) in [7, 11) is 0. The summed E-state index contributed by atoms with van der Waals surface area (Å²) in [4.78, 5) is 11.0. The van der Waals surface area contributed by atoms with Crippen LogP contribution in [0.25, 0.3) is 6.08 Å². The van der Waals surface area contributed by atoms with Gasteiger partial charge in [-0.15, -0.1) is 11.6 Å². The average Bonchev–Trinajstić information content (AvgIpc) is 2.27. The maximum Gasteiger partial charge on any atom is 0.330 e. The minimum absolute atomic E-state index is 0.325. The number of hydrogen-bond acceptors (Lipinski definition) is 2. The number of carbonyl (C=O) groups is 1. The first-order valence-corrected chi connectivity index (χ1v) is 5.29. The van der Waals surface area contributed by atoms with Gasteiger partial charge in [0.25, 0.3) is 0 Å². The molecule has 0 heterocycles. The standard InChI is InChI=1S/C12H13ClO2/c1-2-15-12(14)7-6-10-4-3-5-11(8-10)9-13/h3-8H,2,9H2,1H3. The van der Waals surface area contributed by atoms with Gasteiger partial charge in [-0.3, -0.25) is 0 Å². The maximum absolute atomic E-state index is 11.0. The molecule has 1 rings (SSSR count). The summed E-state index contributed by atoms with van der Waals surface area (Å²) < 4.78 is 4.77. The van der Waals surface area contributed by atoms with Crippen molar-refractivity contribution in [3.8, 4) is 0 Å². The minimum Gasteiger partial charge on any atom is -0.463 e. The highest BCUT2D eigenvalue weighted by molar-refractivity contribution is 6.17. The van der Waals surface area contributed by atoms with Crippen molar-refractivity contribution in [3.05, 3.63) is 41.5 Å². The Labute approximate surface area is 94.5 Å². The minimum atomic E-state index is -0.325. The molecule has 0 N–H and O–H groups in total.